The van der Waals surface area contributed by atoms with E-state index in [0.717, 1.165) is 28.3 Å². The highest BCUT2D eigenvalue weighted by atomic mass is 16.5. The Morgan fingerprint density at radius 3 is 2.58 bits per heavy atom. The number of methoxy groups -OCH3 is 1. The van der Waals surface area contributed by atoms with Gasteiger partial charge in [-0.2, -0.15) is 0 Å². The summed E-state index contributed by atoms with van der Waals surface area (Å²) >= 11 is 0. The van der Waals surface area contributed by atoms with Crippen LogP contribution in [-0.4, -0.2) is 16.7 Å². The van der Waals surface area contributed by atoms with Crippen LogP contribution in [0.3, 0.4) is 0 Å². The maximum Gasteiger partial charge on any atom is 0.131 e. The third-order valence-corrected chi connectivity index (χ3v) is 3.38. The van der Waals surface area contributed by atoms with Crippen molar-refractivity contribution in [2.45, 2.75) is 19.9 Å². The number of benzene rings is 1. The van der Waals surface area contributed by atoms with Gasteiger partial charge in [-0.15, -0.1) is 0 Å². The van der Waals surface area contributed by atoms with E-state index in [2.05, 4.69) is 16.5 Å². The summed E-state index contributed by atoms with van der Waals surface area (Å²) in [5.41, 5.74) is 6.15. The lowest BCUT2D eigenvalue weighted by molar-refractivity contribution is 0.411. The average Bonchev–Trinajstić information content (AvgIpc) is 2.80. The maximum absolute atomic E-state index is 5.72. The molecule has 0 radical (unpaired) electrons. The van der Waals surface area contributed by atoms with Gasteiger partial charge in [0.15, 0.2) is 0 Å². The number of hydrogen-bond acceptors (Lipinski definition) is 4. The minimum absolute atomic E-state index is 0.135. The van der Waals surface area contributed by atoms with Gasteiger partial charge < -0.3 is 9.30 Å². The topological polar surface area (TPSA) is 65.1 Å². The molecule has 0 saturated heterocycles. The van der Waals surface area contributed by atoms with E-state index in [9.17, 15) is 0 Å². The van der Waals surface area contributed by atoms with Gasteiger partial charge in [0.2, 0.25) is 0 Å². The zero-order valence-electron chi connectivity index (χ0n) is 11.8. The van der Waals surface area contributed by atoms with E-state index in [-0.39, 0.29) is 6.04 Å². The van der Waals surface area contributed by atoms with Crippen molar-refractivity contribution in [3.8, 4) is 5.75 Å². The number of nitrogens with one attached hydrogen (secondary N) is 1. The number of nitrogens with two attached hydrogens (primary N) is 1. The van der Waals surface area contributed by atoms with Crippen LogP contribution in [-0.2, 0) is 7.05 Å². The Morgan fingerprint density at radius 1 is 1.32 bits per heavy atom. The molecule has 1 unspecified atom stereocenters. The van der Waals surface area contributed by atoms with Gasteiger partial charge in [0.25, 0.3) is 0 Å². The fourth-order valence-electron chi connectivity index (χ4n) is 2.30. The van der Waals surface area contributed by atoms with Crippen LogP contribution in [0.2, 0.25) is 0 Å². The number of aromatic nitrogens is 2. The second kappa shape index (κ2) is 5.42. The Labute approximate surface area is 113 Å². The molecule has 0 aliphatic carbocycles. The Kier molecular flexibility index (Phi) is 3.87. The zero-order valence-corrected chi connectivity index (χ0v) is 11.8. The fourth-order valence-corrected chi connectivity index (χ4v) is 2.30. The van der Waals surface area contributed by atoms with E-state index < -0.39 is 0 Å². The Balaban J connectivity index is 2.50. The maximum atomic E-state index is 5.72. The van der Waals surface area contributed by atoms with E-state index in [4.69, 9.17) is 10.6 Å². The molecule has 2 aromatic rings. The lowest BCUT2D eigenvalue weighted by Crippen LogP contribution is -2.31. The van der Waals surface area contributed by atoms with Gasteiger partial charge in [0.1, 0.15) is 17.6 Å². The van der Waals surface area contributed by atoms with Crippen molar-refractivity contribution in [1.82, 2.24) is 15.0 Å². The third-order valence-electron chi connectivity index (χ3n) is 3.38. The number of imidazole rings is 1. The molecule has 19 heavy (non-hydrogen) atoms. The molecule has 0 spiro atoms. The van der Waals surface area contributed by atoms with Crippen LogP contribution in [0.5, 0.6) is 5.75 Å². The SMILES string of the molecule is COc1cc(C)c(C(NN)c2nccn2C)cc1C. The van der Waals surface area contributed by atoms with Crippen LogP contribution in [0, 0.1) is 13.8 Å². The molecule has 5 heteroatoms. The van der Waals surface area contributed by atoms with E-state index in [0.29, 0.717) is 0 Å². The van der Waals surface area contributed by atoms with Crippen molar-refractivity contribution in [2.24, 2.45) is 12.9 Å². The van der Waals surface area contributed by atoms with Gasteiger partial charge in [-0.25, -0.2) is 10.4 Å². The number of nitrogens with zero attached hydrogens (tertiary/aromatic N) is 2. The first-order valence-corrected chi connectivity index (χ1v) is 6.17. The second-order valence-corrected chi connectivity index (χ2v) is 4.67. The fraction of sp³-hybridized carbons (Fsp3) is 0.357. The molecular weight excluding hydrogens is 240 g/mol. The third kappa shape index (κ3) is 2.47. The van der Waals surface area contributed by atoms with E-state index >= 15 is 0 Å². The molecule has 102 valence electrons. The van der Waals surface area contributed by atoms with Crippen LogP contribution in [0.15, 0.2) is 24.5 Å². The summed E-state index contributed by atoms with van der Waals surface area (Å²) in [4.78, 5) is 4.37. The number of ether oxygens (including phenoxy) is 1. The van der Waals surface area contributed by atoms with Crippen LogP contribution in [0.4, 0.5) is 0 Å². The summed E-state index contributed by atoms with van der Waals surface area (Å²) < 4.78 is 7.30. The number of aryl methyl sites for hydroxylation is 3. The van der Waals surface area contributed by atoms with E-state index in [1.807, 2.05) is 37.7 Å². The quantitative estimate of drug-likeness (QED) is 0.647. The van der Waals surface area contributed by atoms with Crippen molar-refractivity contribution in [3.63, 3.8) is 0 Å². The summed E-state index contributed by atoms with van der Waals surface area (Å²) in [6.45, 7) is 4.07. The molecule has 3 N–H and O–H groups in total. The Bertz CT molecular complexity index is 577. The molecule has 0 aliphatic heterocycles. The molecule has 0 saturated carbocycles. The van der Waals surface area contributed by atoms with Gasteiger partial charge in [-0.05, 0) is 36.6 Å². The van der Waals surface area contributed by atoms with Crippen LogP contribution < -0.4 is 16.0 Å². The lowest BCUT2D eigenvalue weighted by Gasteiger charge is -2.20. The highest BCUT2D eigenvalue weighted by molar-refractivity contribution is 5.44. The molecule has 0 amide bonds. The number of rotatable bonds is 4. The van der Waals surface area contributed by atoms with Gasteiger partial charge in [0.05, 0.1) is 7.11 Å². The van der Waals surface area contributed by atoms with Gasteiger partial charge in [0, 0.05) is 19.4 Å². The Morgan fingerprint density at radius 2 is 2.05 bits per heavy atom. The van der Waals surface area contributed by atoms with Crippen molar-refractivity contribution in [3.05, 3.63) is 47.0 Å². The first-order chi connectivity index (χ1) is 9.08. The zero-order chi connectivity index (χ0) is 14.0. The van der Waals surface area contributed by atoms with Crippen molar-refractivity contribution < 1.29 is 4.74 Å². The molecule has 2 rings (SSSR count). The van der Waals surface area contributed by atoms with Crippen LogP contribution >= 0.6 is 0 Å². The summed E-state index contributed by atoms with van der Waals surface area (Å²) in [6, 6.07) is 3.98. The van der Waals surface area contributed by atoms with Crippen molar-refractivity contribution >= 4 is 0 Å². The first-order valence-electron chi connectivity index (χ1n) is 6.17. The van der Waals surface area contributed by atoms with Gasteiger partial charge in [-0.1, -0.05) is 6.07 Å². The molecular formula is C14H20N4O. The molecule has 0 fully saturated rings. The number of hydrazine groups is 1. The highest BCUT2D eigenvalue weighted by Crippen LogP contribution is 2.29. The molecule has 1 aromatic heterocycles. The smallest absolute Gasteiger partial charge is 0.131 e. The predicted octanol–water partition coefficient (Wildman–Crippen LogP) is 1.60. The summed E-state index contributed by atoms with van der Waals surface area (Å²) in [6.07, 6.45) is 3.68. The normalized spacial score (nSPS) is 12.5. The number of hydrogen-bond donors (Lipinski definition) is 2. The van der Waals surface area contributed by atoms with Crippen molar-refractivity contribution in [2.75, 3.05) is 7.11 Å². The predicted molar refractivity (Wildman–Crippen MR) is 74.8 cm³/mol. The minimum atomic E-state index is -0.135. The molecule has 0 aliphatic rings. The highest BCUT2D eigenvalue weighted by Gasteiger charge is 2.19. The van der Waals surface area contributed by atoms with Gasteiger partial charge >= 0.3 is 0 Å². The molecule has 5 nitrogen and oxygen atoms in total. The summed E-state index contributed by atoms with van der Waals surface area (Å²) in [5, 5.41) is 0. The van der Waals surface area contributed by atoms with Crippen LogP contribution in [0.1, 0.15) is 28.6 Å². The largest absolute Gasteiger partial charge is 0.496 e. The standard InChI is InChI=1S/C14H20N4O/c1-9-8-12(19-4)10(2)7-11(9)13(17-15)14-16-5-6-18(14)3/h5-8,13,17H,15H2,1-4H3. The van der Waals surface area contributed by atoms with Crippen LogP contribution in [0.25, 0.3) is 0 Å². The molecule has 0 bridgehead atoms. The molecule has 1 heterocycles. The summed E-state index contributed by atoms with van der Waals surface area (Å²) in [5.74, 6) is 7.49. The Hall–Kier alpha value is -1.85. The average molecular weight is 260 g/mol. The first kappa shape index (κ1) is 13.6. The minimum Gasteiger partial charge on any atom is -0.496 e. The molecule has 1 aromatic carbocycles. The second-order valence-electron chi connectivity index (χ2n) is 4.67. The molecule has 1 atom stereocenters. The van der Waals surface area contributed by atoms with E-state index in [1.54, 1.807) is 13.3 Å². The van der Waals surface area contributed by atoms with E-state index in [1.165, 1.54) is 0 Å². The summed E-state index contributed by atoms with van der Waals surface area (Å²) in [7, 11) is 3.64. The monoisotopic (exact) mass is 260 g/mol. The van der Waals surface area contributed by atoms with Gasteiger partial charge in [-0.3, -0.25) is 5.84 Å². The van der Waals surface area contributed by atoms with Crippen molar-refractivity contribution in [1.29, 1.82) is 0 Å². The lowest BCUT2D eigenvalue weighted by atomic mass is 9.98.